The van der Waals surface area contributed by atoms with Crippen molar-refractivity contribution in [1.82, 2.24) is 15.0 Å². The maximum absolute atomic E-state index is 5.87. The molecule has 0 spiro atoms. The minimum absolute atomic E-state index is 0.340. The molecule has 0 atom stereocenters. The van der Waals surface area contributed by atoms with Crippen LogP contribution in [0.4, 0.5) is 0 Å². The number of pyridine rings is 1. The van der Waals surface area contributed by atoms with E-state index >= 15 is 0 Å². The molecule has 62 valence electrons. The Bertz CT molecular complexity index is 410. The zero-order valence-corrected chi connectivity index (χ0v) is 7.52. The molecule has 5 heteroatoms. The minimum Gasteiger partial charge on any atom is -0.338 e. The van der Waals surface area contributed by atoms with Crippen LogP contribution >= 0.6 is 23.2 Å². The number of rotatable bonds is 1. The van der Waals surface area contributed by atoms with Crippen molar-refractivity contribution >= 4 is 34.4 Å². The summed E-state index contributed by atoms with van der Waals surface area (Å²) in [5.41, 5.74) is 1.35. The summed E-state index contributed by atoms with van der Waals surface area (Å²) in [5, 5.41) is 0.615. The molecule has 0 radical (unpaired) electrons. The molecule has 1 N–H and O–H groups in total. The van der Waals surface area contributed by atoms with E-state index in [1.165, 1.54) is 0 Å². The van der Waals surface area contributed by atoms with Gasteiger partial charge in [-0.15, -0.1) is 11.6 Å². The summed E-state index contributed by atoms with van der Waals surface area (Å²) >= 11 is 11.5. The van der Waals surface area contributed by atoms with Crippen molar-refractivity contribution in [2.45, 2.75) is 5.88 Å². The Kier molecular flexibility index (Phi) is 1.90. The Morgan fingerprint density at radius 3 is 3.00 bits per heavy atom. The monoisotopic (exact) mass is 201 g/mol. The van der Waals surface area contributed by atoms with Crippen LogP contribution in [0.15, 0.2) is 12.3 Å². The highest BCUT2D eigenvalue weighted by atomic mass is 35.5. The van der Waals surface area contributed by atoms with Gasteiger partial charge in [-0.1, -0.05) is 11.6 Å². The van der Waals surface area contributed by atoms with Crippen LogP contribution in [0, 0.1) is 0 Å². The van der Waals surface area contributed by atoms with E-state index in [0.29, 0.717) is 22.4 Å². The molecule has 0 aliphatic heterocycles. The van der Waals surface area contributed by atoms with E-state index in [4.69, 9.17) is 23.2 Å². The smallest absolute Gasteiger partial charge is 0.179 e. The number of nitrogens with one attached hydrogen (secondary N) is 1. The fourth-order valence-electron chi connectivity index (χ4n) is 0.992. The van der Waals surface area contributed by atoms with Crippen LogP contribution in [-0.2, 0) is 5.88 Å². The molecule has 0 aromatic carbocycles. The molecule has 0 unspecified atom stereocenters. The maximum atomic E-state index is 5.87. The van der Waals surface area contributed by atoms with Gasteiger partial charge in [-0.25, -0.2) is 9.97 Å². The van der Waals surface area contributed by atoms with Gasteiger partial charge in [-0.2, -0.15) is 0 Å². The first-order chi connectivity index (χ1) is 5.81. The molecule has 0 saturated heterocycles. The van der Waals surface area contributed by atoms with Gasteiger partial charge in [0, 0.05) is 6.20 Å². The molecule has 0 aliphatic rings. The van der Waals surface area contributed by atoms with Crippen LogP contribution in [0.25, 0.3) is 11.2 Å². The number of H-pyrrole nitrogens is 1. The summed E-state index contributed by atoms with van der Waals surface area (Å²) < 4.78 is 0. The van der Waals surface area contributed by atoms with Gasteiger partial charge < -0.3 is 4.98 Å². The fraction of sp³-hybridized carbons (Fsp3) is 0.143. The van der Waals surface area contributed by atoms with Crippen molar-refractivity contribution < 1.29 is 0 Å². The number of halogens is 2. The Morgan fingerprint density at radius 1 is 1.50 bits per heavy atom. The first-order valence-electron chi connectivity index (χ1n) is 3.36. The normalized spacial score (nSPS) is 10.8. The largest absolute Gasteiger partial charge is 0.338 e. The second-order valence-corrected chi connectivity index (χ2v) is 2.98. The van der Waals surface area contributed by atoms with Gasteiger partial charge in [0.25, 0.3) is 0 Å². The molecule has 3 nitrogen and oxygen atoms in total. The van der Waals surface area contributed by atoms with Crippen LogP contribution < -0.4 is 0 Å². The van der Waals surface area contributed by atoms with E-state index in [1.54, 1.807) is 12.3 Å². The van der Waals surface area contributed by atoms with Crippen LogP contribution in [0.1, 0.15) is 5.82 Å². The lowest BCUT2D eigenvalue weighted by Gasteiger charge is -1.88. The van der Waals surface area contributed by atoms with Gasteiger partial charge in [0.2, 0.25) is 0 Å². The second kappa shape index (κ2) is 2.92. The number of fused-ring (bicyclic) bond motifs is 1. The number of aromatic nitrogens is 3. The Balaban J connectivity index is 2.74. The first-order valence-corrected chi connectivity index (χ1v) is 4.27. The second-order valence-electron chi connectivity index (χ2n) is 2.31. The average molecular weight is 202 g/mol. The molecule has 0 aliphatic carbocycles. The predicted octanol–water partition coefficient (Wildman–Crippen LogP) is 2.35. The van der Waals surface area contributed by atoms with Crippen LogP contribution in [0.5, 0.6) is 0 Å². The Hall–Kier alpha value is -0.800. The number of aromatic amines is 1. The Labute approximate surface area is 78.7 Å². The van der Waals surface area contributed by atoms with Crippen molar-refractivity contribution in [2.75, 3.05) is 0 Å². The van der Waals surface area contributed by atoms with E-state index in [2.05, 4.69) is 15.0 Å². The molecule has 12 heavy (non-hydrogen) atoms. The third kappa shape index (κ3) is 1.15. The summed E-state index contributed by atoms with van der Waals surface area (Å²) in [6, 6.07) is 1.71. The van der Waals surface area contributed by atoms with E-state index in [0.717, 1.165) is 5.52 Å². The summed E-state index contributed by atoms with van der Waals surface area (Å²) in [6.07, 6.45) is 1.61. The molecule has 0 fully saturated rings. The van der Waals surface area contributed by atoms with E-state index < -0.39 is 0 Å². The van der Waals surface area contributed by atoms with Crippen molar-refractivity contribution in [3.8, 4) is 0 Å². The van der Waals surface area contributed by atoms with Crippen LogP contribution in [-0.4, -0.2) is 15.0 Å². The topological polar surface area (TPSA) is 41.6 Å². The Morgan fingerprint density at radius 2 is 2.33 bits per heavy atom. The number of nitrogens with zero attached hydrogens (tertiary/aromatic N) is 2. The number of hydrogen-bond acceptors (Lipinski definition) is 2. The summed E-state index contributed by atoms with van der Waals surface area (Å²) in [4.78, 5) is 11.1. The van der Waals surface area contributed by atoms with Crippen LogP contribution in [0.2, 0.25) is 5.02 Å². The summed E-state index contributed by atoms with van der Waals surface area (Å²) in [7, 11) is 0. The molecule has 2 aromatic rings. The van der Waals surface area contributed by atoms with E-state index in [1.807, 2.05) is 0 Å². The lowest BCUT2D eigenvalue weighted by atomic mass is 10.4. The molecule has 2 heterocycles. The van der Waals surface area contributed by atoms with Crippen molar-refractivity contribution in [3.05, 3.63) is 23.1 Å². The molecular formula is C7H5Cl2N3. The van der Waals surface area contributed by atoms with Gasteiger partial charge in [-0.05, 0) is 6.07 Å². The summed E-state index contributed by atoms with van der Waals surface area (Å²) in [5.74, 6) is 1.03. The third-order valence-electron chi connectivity index (χ3n) is 1.52. The average Bonchev–Trinajstić information content (AvgIpc) is 2.49. The maximum Gasteiger partial charge on any atom is 0.179 e. The third-order valence-corrected chi connectivity index (χ3v) is 2.08. The molecule has 0 bridgehead atoms. The molecule has 0 saturated carbocycles. The lowest BCUT2D eigenvalue weighted by molar-refractivity contribution is 1.13. The molecule has 0 amide bonds. The van der Waals surface area contributed by atoms with Gasteiger partial charge in [0.1, 0.15) is 11.3 Å². The predicted molar refractivity (Wildman–Crippen MR) is 48.5 cm³/mol. The van der Waals surface area contributed by atoms with Gasteiger partial charge >= 0.3 is 0 Å². The molecular weight excluding hydrogens is 197 g/mol. The zero-order valence-electron chi connectivity index (χ0n) is 6.01. The van der Waals surface area contributed by atoms with Crippen molar-refractivity contribution in [2.24, 2.45) is 0 Å². The highest BCUT2D eigenvalue weighted by molar-refractivity contribution is 6.34. The van der Waals surface area contributed by atoms with Crippen LogP contribution in [0.3, 0.4) is 0 Å². The first kappa shape index (κ1) is 7.83. The SMILES string of the molecule is ClCc1nc2nccc(Cl)c2[nH]1. The van der Waals surface area contributed by atoms with E-state index in [9.17, 15) is 0 Å². The highest BCUT2D eigenvalue weighted by Gasteiger charge is 2.04. The van der Waals surface area contributed by atoms with Gasteiger partial charge in [-0.3, -0.25) is 0 Å². The fourth-order valence-corrected chi connectivity index (χ4v) is 1.31. The highest BCUT2D eigenvalue weighted by Crippen LogP contribution is 2.19. The minimum atomic E-state index is 0.340. The summed E-state index contributed by atoms with van der Waals surface area (Å²) in [6.45, 7) is 0. The number of imidazole rings is 1. The van der Waals surface area contributed by atoms with Crippen molar-refractivity contribution in [1.29, 1.82) is 0 Å². The molecule has 2 aromatic heterocycles. The zero-order chi connectivity index (χ0) is 8.55. The van der Waals surface area contributed by atoms with Gasteiger partial charge in [0.15, 0.2) is 5.65 Å². The quantitative estimate of drug-likeness (QED) is 0.721. The lowest BCUT2D eigenvalue weighted by Crippen LogP contribution is -1.77. The molecule has 2 rings (SSSR count). The van der Waals surface area contributed by atoms with E-state index in [-0.39, 0.29) is 0 Å². The van der Waals surface area contributed by atoms with Gasteiger partial charge in [0.05, 0.1) is 10.9 Å². The number of alkyl halides is 1. The van der Waals surface area contributed by atoms with Crippen molar-refractivity contribution in [3.63, 3.8) is 0 Å². The number of hydrogen-bond donors (Lipinski definition) is 1. The standard InChI is InChI=1S/C7H5Cl2N3/c8-3-5-11-6-4(9)1-2-10-7(6)12-5/h1-2H,3H2,(H,10,11,12).